The summed E-state index contributed by atoms with van der Waals surface area (Å²) in [5, 5.41) is 9.37. The predicted octanol–water partition coefficient (Wildman–Crippen LogP) is 2.80. The first-order valence-electron chi connectivity index (χ1n) is 7.82. The Morgan fingerprint density at radius 2 is 2.17 bits per heavy atom. The minimum atomic E-state index is -0.00361. The van der Waals surface area contributed by atoms with E-state index >= 15 is 0 Å². The Morgan fingerprint density at radius 3 is 2.91 bits per heavy atom. The zero-order chi connectivity index (χ0) is 16.2. The van der Waals surface area contributed by atoms with Crippen molar-refractivity contribution in [1.82, 2.24) is 4.90 Å². The van der Waals surface area contributed by atoms with Crippen molar-refractivity contribution < 1.29 is 14.6 Å². The summed E-state index contributed by atoms with van der Waals surface area (Å²) >= 11 is 1.54. The molecule has 0 radical (unpaired) electrons. The third kappa shape index (κ3) is 3.63. The molecule has 2 aromatic rings. The number of aliphatic hydroxyl groups is 1. The van der Waals surface area contributed by atoms with E-state index in [1.165, 1.54) is 11.3 Å². The van der Waals surface area contributed by atoms with Crippen LogP contribution in [-0.4, -0.2) is 48.8 Å². The first kappa shape index (κ1) is 16.2. The number of benzene rings is 1. The first-order chi connectivity index (χ1) is 11.2. The average molecular weight is 331 g/mol. The van der Waals surface area contributed by atoms with Gasteiger partial charge in [0.1, 0.15) is 0 Å². The number of hydrogen-bond donors (Lipinski definition) is 1. The van der Waals surface area contributed by atoms with Crippen LogP contribution in [0.25, 0.3) is 10.4 Å². The molecule has 1 saturated heterocycles. The second-order valence-electron chi connectivity index (χ2n) is 5.86. The van der Waals surface area contributed by atoms with Crippen LogP contribution in [0.15, 0.2) is 36.4 Å². The molecule has 1 atom stereocenters. The summed E-state index contributed by atoms with van der Waals surface area (Å²) in [7, 11) is 0. The number of rotatable bonds is 3. The molecule has 23 heavy (non-hydrogen) atoms. The van der Waals surface area contributed by atoms with E-state index in [-0.39, 0.29) is 18.4 Å². The summed E-state index contributed by atoms with van der Waals surface area (Å²) in [6, 6.07) is 12.1. The number of aliphatic hydroxyl groups excluding tert-OH is 1. The number of amides is 1. The lowest BCUT2D eigenvalue weighted by Crippen LogP contribution is -2.36. The van der Waals surface area contributed by atoms with Crippen LogP contribution in [0.1, 0.15) is 15.2 Å². The van der Waals surface area contributed by atoms with Crippen molar-refractivity contribution in [1.29, 1.82) is 0 Å². The number of hydrogen-bond acceptors (Lipinski definition) is 4. The highest BCUT2D eigenvalue weighted by atomic mass is 32.1. The highest BCUT2D eigenvalue weighted by molar-refractivity contribution is 7.17. The molecule has 3 rings (SSSR count). The van der Waals surface area contributed by atoms with E-state index in [0.29, 0.717) is 26.3 Å². The maximum absolute atomic E-state index is 12.8. The van der Waals surface area contributed by atoms with Crippen molar-refractivity contribution in [2.24, 2.45) is 5.92 Å². The highest BCUT2D eigenvalue weighted by Gasteiger charge is 2.24. The van der Waals surface area contributed by atoms with Gasteiger partial charge in [-0.3, -0.25) is 4.79 Å². The van der Waals surface area contributed by atoms with E-state index in [9.17, 15) is 9.90 Å². The maximum Gasteiger partial charge on any atom is 0.264 e. The van der Waals surface area contributed by atoms with Crippen molar-refractivity contribution in [3.63, 3.8) is 0 Å². The summed E-state index contributed by atoms with van der Waals surface area (Å²) in [6.07, 6.45) is 0. The molecule has 0 bridgehead atoms. The lowest BCUT2D eigenvalue weighted by Gasteiger charge is -2.21. The van der Waals surface area contributed by atoms with Gasteiger partial charge in [0.15, 0.2) is 0 Å². The number of carbonyl (C=O) groups excluding carboxylic acids is 1. The number of aryl methyl sites for hydroxylation is 1. The Morgan fingerprint density at radius 1 is 1.39 bits per heavy atom. The second-order valence-corrected chi connectivity index (χ2v) is 6.92. The van der Waals surface area contributed by atoms with Gasteiger partial charge in [0.2, 0.25) is 0 Å². The molecule has 1 fully saturated rings. The van der Waals surface area contributed by atoms with E-state index in [0.717, 1.165) is 20.9 Å². The van der Waals surface area contributed by atoms with Crippen molar-refractivity contribution in [3.8, 4) is 10.4 Å². The Kier molecular flexibility index (Phi) is 5.10. The molecule has 5 heteroatoms. The van der Waals surface area contributed by atoms with Gasteiger partial charge in [-0.25, -0.2) is 0 Å². The summed E-state index contributed by atoms with van der Waals surface area (Å²) < 4.78 is 5.46. The Balaban J connectivity index is 1.83. The van der Waals surface area contributed by atoms with Crippen LogP contribution in [0, 0.1) is 12.8 Å². The Bertz CT molecular complexity index is 668. The molecule has 1 amide bonds. The maximum atomic E-state index is 12.8. The molecule has 1 N–H and O–H groups in total. The first-order valence-corrected chi connectivity index (χ1v) is 8.64. The highest BCUT2D eigenvalue weighted by Crippen LogP contribution is 2.33. The fourth-order valence-corrected chi connectivity index (χ4v) is 3.94. The predicted molar refractivity (Wildman–Crippen MR) is 91.8 cm³/mol. The second kappa shape index (κ2) is 7.25. The summed E-state index contributed by atoms with van der Waals surface area (Å²) in [6.45, 7) is 4.25. The molecular formula is C18H21NO3S. The third-order valence-electron chi connectivity index (χ3n) is 4.05. The van der Waals surface area contributed by atoms with Gasteiger partial charge in [-0.1, -0.05) is 30.3 Å². The number of ether oxygens (including phenoxy) is 1. The molecule has 1 aliphatic heterocycles. The number of thiophene rings is 1. The molecule has 4 nitrogen and oxygen atoms in total. The van der Waals surface area contributed by atoms with Gasteiger partial charge in [0.25, 0.3) is 5.91 Å². The van der Waals surface area contributed by atoms with Crippen LogP contribution < -0.4 is 0 Å². The van der Waals surface area contributed by atoms with Gasteiger partial charge in [-0.05, 0) is 24.1 Å². The lowest BCUT2D eigenvalue weighted by atomic mass is 10.1. The number of carbonyl (C=O) groups is 1. The van der Waals surface area contributed by atoms with Gasteiger partial charge >= 0.3 is 0 Å². The van der Waals surface area contributed by atoms with Crippen LogP contribution >= 0.6 is 11.3 Å². The molecule has 1 aromatic heterocycles. The summed E-state index contributed by atoms with van der Waals surface area (Å²) in [5.74, 6) is 0.0281. The molecule has 0 aliphatic carbocycles. The van der Waals surface area contributed by atoms with Gasteiger partial charge < -0.3 is 14.7 Å². The van der Waals surface area contributed by atoms with E-state index in [1.807, 2.05) is 31.2 Å². The molecule has 0 unspecified atom stereocenters. The van der Waals surface area contributed by atoms with Crippen molar-refractivity contribution in [3.05, 3.63) is 46.8 Å². The zero-order valence-electron chi connectivity index (χ0n) is 13.2. The average Bonchev–Trinajstić information content (AvgIpc) is 2.82. The minimum Gasteiger partial charge on any atom is -0.396 e. The van der Waals surface area contributed by atoms with Gasteiger partial charge in [-0.2, -0.15) is 0 Å². The van der Waals surface area contributed by atoms with E-state index in [2.05, 4.69) is 12.1 Å². The molecule has 0 spiro atoms. The van der Waals surface area contributed by atoms with Crippen LogP contribution in [0.4, 0.5) is 0 Å². The van der Waals surface area contributed by atoms with E-state index < -0.39 is 0 Å². The summed E-state index contributed by atoms with van der Waals surface area (Å²) in [5.41, 5.74) is 2.26. The van der Waals surface area contributed by atoms with Crippen LogP contribution in [0.3, 0.4) is 0 Å². The Hall–Kier alpha value is -1.69. The molecule has 122 valence electrons. The van der Waals surface area contributed by atoms with Crippen molar-refractivity contribution >= 4 is 17.2 Å². The van der Waals surface area contributed by atoms with Crippen LogP contribution in [0.2, 0.25) is 0 Å². The van der Waals surface area contributed by atoms with Crippen molar-refractivity contribution in [2.75, 3.05) is 32.9 Å². The monoisotopic (exact) mass is 331 g/mol. The largest absolute Gasteiger partial charge is 0.396 e. The standard InChI is InChI=1S/C18H21NO3S/c1-13-9-16(23-17(13)15-5-3-2-4-6-15)18(21)19-7-8-22-12-14(10-19)11-20/h2-6,9,14,20H,7-8,10-12H2,1H3/t14-/m0/s1. The molecule has 1 aliphatic rings. The normalized spacial score (nSPS) is 18.7. The Labute approximate surface area is 140 Å². The quantitative estimate of drug-likeness (QED) is 0.941. The van der Waals surface area contributed by atoms with Gasteiger partial charge in [0.05, 0.1) is 18.1 Å². The third-order valence-corrected chi connectivity index (χ3v) is 5.32. The number of nitrogens with zero attached hydrogens (tertiary/aromatic N) is 1. The fourth-order valence-electron chi connectivity index (χ4n) is 2.79. The summed E-state index contributed by atoms with van der Waals surface area (Å²) in [4.78, 5) is 16.5. The minimum absolute atomic E-state index is 0.00361. The fraction of sp³-hybridized carbons (Fsp3) is 0.389. The lowest BCUT2D eigenvalue weighted by molar-refractivity contribution is 0.0733. The topological polar surface area (TPSA) is 49.8 Å². The van der Waals surface area contributed by atoms with Crippen LogP contribution in [0.5, 0.6) is 0 Å². The molecule has 1 aromatic carbocycles. The van der Waals surface area contributed by atoms with Gasteiger partial charge in [0, 0.05) is 30.5 Å². The van der Waals surface area contributed by atoms with E-state index in [4.69, 9.17) is 4.74 Å². The van der Waals surface area contributed by atoms with Crippen LogP contribution in [-0.2, 0) is 4.74 Å². The zero-order valence-corrected chi connectivity index (χ0v) is 14.0. The van der Waals surface area contributed by atoms with Gasteiger partial charge in [-0.15, -0.1) is 11.3 Å². The molecule has 0 saturated carbocycles. The SMILES string of the molecule is Cc1cc(C(=O)N2CCOC[C@H](CO)C2)sc1-c1ccccc1. The molecular weight excluding hydrogens is 310 g/mol. The van der Waals surface area contributed by atoms with Crippen molar-refractivity contribution in [2.45, 2.75) is 6.92 Å². The van der Waals surface area contributed by atoms with E-state index in [1.54, 1.807) is 4.90 Å². The smallest absolute Gasteiger partial charge is 0.264 e. The molecule has 2 heterocycles.